The van der Waals surface area contributed by atoms with E-state index in [1.165, 1.54) is 10.6 Å². The molecule has 0 aliphatic carbocycles. The van der Waals surface area contributed by atoms with Crippen LogP contribution in [0.4, 0.5) is 5.69 Å². The van der Waals surface area contributed by atoms with E-state index in [4.69, 9.17) is 4.74 Å². The lowest BCUT2D eigenvalue weighted by molar-refractivity contribution is 0.0421. The summed E-state index contributed by atoms with van der Waals surface area (Å²) in [4.78, 5) is 7.94. The van der Waals surface area contributed by atoms with Crippen molar-refractivity contribution < 1.29 is 4.74 Å². The van der Waals surface area contributed by atoms with Gasteiger partial charge in [-0.05, 0) is 30.5 Å². The number of hydrogen-bond acceptors (Lipinski definition) is 4. The molecule has 2 aromatic heterocycles. The van der Waals surface area contributed by atoms with Crippen LogP contribution >= 0.6 is 11.3 Å². The molecule has 0 amide bonds. The van der Waals surface area contributed by atoms with Gasteiger partial charge in [0.1, 0.15) is 6.10 Å². The lowest BCUT2D eigenvalue weighted by atomic mass is 10.2. The normalized spacial score (nSPS) is 20.1. The molecule has 0 saturated carbocycles. The molecular formula is C14H16N2OS. The smallest absolute Gasteiger partial charge is 0.109 e. The predicted octanol–water partition coefficient (Wildman–Crippen LogP) is 3.03. The fourth-order valence-corrected chi connectivity index (χ4v) is 3.02. The van der Waals surface area contributed by atoms with E-state index in [2.05, 4.69) is 39.5 Å². The second-order valence-corrected chi connectivity index (χ2v) is 5.46. The van der Waals surface area contributed by atoms with Crippen LogP contribution in [0.2, 0.25) is 0 Å². The van der Waals surface area contributed by atoms with Crippen molar-refractivity contribution in [3.05, 3.63) is 46.4 Å². The predicted molar refractivity (Wildman–Crippen MR) is 74.2 cm³/mol. The third kappa shape index (κ3) is 2.40. The van der Waals surface area contributed by atoms with Gasteiger partial charge in [-0.15, -0.1) is 11.3 Å². The average Bonchev–Trinajstić information content (AvgIpc) is 2.93. The number of morpholine rings is 1. The van der Waals surface area contributed by atoms with Crippen LogP contribution in [0.5, 0.6) is 0 Å². The SMILES string of the molecule is Cc1cc(N2CCOC(c3cccs3)C2)ccn1. The summed E-state index contributed by atoms with van der Waals surface area (Å²) >= 11 is 1.77. The Bertz CT molecular complexity index is 512. The fourth-order valence-electron chi connectivity index (χ4n) is 2.26. The van der Waals surface area contributed by atoms with Crippen LogP contribution < -0.4 is 4.90 Å². The average molecular weight is 260 g/mol. The summed E-state index contributed by atoms with van der Waals surface area (Å²) in [7, 11) is 0. The highest BCUT2D eigenvalue weighted by Gasteiger charge is 2.22. The number of aromatic nitrogens is 1. The van der Waals surface area contributed by atoms with Gasteiger partial charge in [0.25, 0.3) is 0 Å². The molecule has 0 bridgehead atoms. The van der Waals surface area contributed by atoms with E-state index in [0.717, 1.165) is 25.4 Å². The van der Waals surface area contributed by atoms with Gasteiger partial charge in [-0.25, -0.2) is 0 Å². The zero-order valence-corrected chi connectivity index (χ0v) is 11.2. The molecule has 1 aliphatic heterocycles. The highest BCUT2D eigenvalue weighted by molar-refractivity contribution is 7.10. The highest BCUT2D eigenvalue weighted by atomic mass is 32.1. The van der Waals surface area contributed by atoms with E-state index in [1.54, 1.807) is 11.3 Å². The van der Waals surface area contributed by atoms with Crippen molar-refractivity contribution in [2.24, 2.45) is 0 Å². The minimum absolute atomic E-state index is 0.201. The number of anilines is 1. The molecule has 18 heavy (non-hydrogen) atoms. The van der Waals surface area contributed by atoms with Crippen molar-refractivity contribution in [3.63, 3.8) is 0 Å². The van der Waals surface area contributed by atoms with Gasteiger partial charge in [-0.1, -0.05) is 6.07 Å². The molecule has 3 nitrogen and oxygen atoms in total. The van der Waals surface area contributed by atoms with Crippen LogP contribution in [0, 0.1) is 6.92 Å². The molecule has 0 aromatic carbocycles. The molecule has 94 valence electrons. The molecule has 1 saturated heterocycles. The Kier molecular flexibility index (Phi) is 3.30. The topological polar surface area (TPSA) is 25.4 Å². The van der Waals surface area contributed by atoms with Crippen molar-refractivity contribution in [2.75, 3.05) is 24.6 Å². The van der Waals surface area contributed by atoms with Crippen molar-refractivity contribution >= 4 is 17.0 Å². The number of hydrogen-bond donors (Lipinski definition) is 0. The quantitative estimate of drug-likeness (QED) is 0.830. The van der Waals surface area contributed by atoms with E-state index in [1.807, 2.05) is 13.1 Å². The fraction of sp³-hybridized carbons (Fsp3) is 0.357. The summed E-state index contributed by atoms with van der Waals surface area (Å²) in [5.74, 6) is 0. The molecule has 1 aliphatic rings. The van der Waals surface area contributed by atoms with Crippen LogP contribution in [0.1, 0.15) is 16.7 Å². The third-order valence-electron chi connectivity index (χ3n) is 3.17. The first kappa shape index (κ1) is 11.7. The molecule has 1 fully saturated rings. The number of pyridine rings is 1. The van der Waals surface area contributed by atoms with Gasteiger partial charge < -0.3 is 9.64 Å². The second-order valence-electron chi connectivity index (χ2n) is 4.48. The van der Waals surface area contributed by atoms with Gasteiger partial charge in [0.05, 0.1) is 6.61 Å². The maximum absolute atomic E-state index is 5.86. The van der Waals surface area contributed by atoms with Crippen molar-refractivity contribution in [1.82, 2.24) is 4.98 Å². The zero-order valence-electron chi connectivity index (χ0n) is 10.4. The van der Waals surface area contributed by atoms with E-state index < -0.39 is 0 Å². The van der Waals surface area contributed by atoms with Crippen LogP contribution in [0.25, 0.3) is 0 Å². The molecule has 0 spiro atoms. The maximum Gasteiger partial charge on any atom is 0.109 e. The van der Waals surface area contributed by atoms with E-state index in [0.29, 0.717) is 0 Å². The third-order valence-corrected chi connectivity index (χ3v) is 4.14. The summed E-state index contributed by atoms with van der Waals surface area (Å²) in [6.07, 6.45) is 2.08. The first-order valence-corrected chi connectivity index (χ1v) is 7.03. The minimum atomic E-state index is 0.201. The molecule has 4 heteroatoms. The Morgan fingerprint density at radius 2 is 2.39 bits per heavy atom. The Balaban J connectivity index is 1.78. The molecule has 3 rings (SSSR count). The number of thiophene rings is 1. The summed E-state index contributed by atoms with van der Waals surface area (Å²) in [5, 5.41) is 2.11. The molecule has 1 unspecified atom stereocenters. The van der Waals surface area contributed by atoms with Crippen LogP contribution in [-0.2, 0) is 4.74 Å². The highest BCUT2D eigenvalue weighted by Crippen LogP contribution is 2.28. The number of ether oxygens (including phenoxy) is 1. The van der Waals surface area contributed by atoms with Crippen LogP contribution in [0.3, 0.4) is 0 Å². The maximum atomic E-state index is 5.86. The number of aryl methyl sites for hydroxylation is 1. The molecule has 2 aromatic rings. The van der Waals surface area contributed by atoms with E-state index in [-0.39, 0.29) is 6.10 Å². The lowest BCUT2D eigenvalue weighted by Crippen LogP contribution is -2.38. The zero-order chi connectivity index (χ0) is 12.4. The Hall–Kier alpha value is -1.39. The Labute approximate surface area is 111 Å². The molecule has 1 atom stereocenters. The largest absolute Gasteiger partial charge is 0.369 e. The summed E-state index contributed by atoms with van der Waals surface area (Å²) in [6.45, 7) is 4.68. The van der Waals surface area contributed by atoms with Gasteiger partial charge in [0, 0.05) is 35.5 Å². The Morgan fingerprint density at radius 1 is 1.44 bits per heavy atom. The van der Waals surface area contributed by atoms with Crippen LogP contribution in [0.15, 0.2) is 35.8 Å². The van der Waals surface area contributed by atoms with Gasteiger partial charge in [0.15, 0.2) is 0 Å². The van der Waals surface area contributed by atoms with Crippen molar-refractivity contribution in [2.45, 2.75) is 13.0 Å². The summed E-state index contributed by atoms with van der Waals surface area (Å²) in [5.41, 5.74) is 2.30. The number of nitrogens with zero attached hydrogens (tertiary/aromatic N) is 2. The summed E-state index contributed by atoms with van der Waals surface area (Å²) in [6, 6.07) is 8.44. The molecule has 0 radical (unpaired) electrons. The van der Waals surface area contributed by atoms with Crippen molar-refractivity contribution in [1.29, 1.82) is 0 Å². The van der Waals surface area contributed by atoms with Gasteiger partial charge in [-0.3, -0.25) is 4.98 Å². The van der Waals surface area contributed by atoms with Gasteiger partial charge in [0.2, 0.25) is 0 Å². The van der Waals surface area contributed by atoms with E-state index in [9.17, 15) is 0 Å². The molecule has 3 heterocycles. The van der Waals surface area contributed by atoms with Gasteiger partial charge >= 0.3 is 0 Å². The Morgan fingerprint density at radius 3 is 3.17 bits per heavy atom. The first-order chi connectivity index (χ1) is 8.83. The van der Waals surface area contributed by atoms with E-state index >= 15 is 0 Å². The standard InChI is InChI=1S/C14H16N2OS/c1-11-9-12(4-5-15-11)16-6-7-17-13(10-16)14-3-2-8-18-14/h2-5,8-9,13H,6-7,10H2,1H3. The molecular weight excluding hydrogens is 244 g/mol. The van der Waals surface area contributed by atoms with Crippen molar-refractivity contribution in [3.8, 4) is 0 Å². The minimum Gasteiger partial charge on any atom is -0.369 e. The monoisotopic (exact) mass is 260 g/mol. The number of rotatable bonds is 2. The molecule has 0 N–H and O–H groups in total. The second kappa shape index (κ2) is 5.08. The summed E-state index contributed by atoms with van der Waals surface area (Å²) < 4.78 is 5.86. The van der Waals surface area contributed by atoms with Crippen LogP contribution in [-0.4, -0.2) is 24.7 Å². The lowest BCUT2D eigenvalue weighted by Gasteiger charge is -2.34. The van der Waals surface area contributed by atoms with Gasteiger partial charge in [-0.2, -0.15) is 0 Å². The first-order valence-electron chi connectivity index (χ1n) is 6.15.